The molecule has 0 radical (unpaired) electrons. The molecule has 16 heavy (non-hydrogen) atoms. The van der Waals surface area contributed by atoms with Crippen molar-refractivity contribution in [3.63, 3.8) is 0 Å². The summed E-state index contributed by atoms with van der Waals surface area (Å²) < 4.78 is 13.4. The van der Waals surface area contributed by atoms with Crippen LogP contribution in [-0.4, -0.2) is 16.1 Å². The number of hydrogen-bond acceptors (Lipinski definition) is 2. The number of carboxylic acid groups (broad SMARTS) is 1. The van der Waals surface area contributed by atoms with Gasteiger partial charge in [0.2, 0.25) is 0 Å². The van der Waals surface area contributed by atoms with E-state index in [1.54, 1.807) is 18.3 Å². The fourth-order valence-corrected chi connectivity index (χ4v) is 1.68. The second-order valence-corrected chi connectivity index (χ2v) is 3.52. The molecule has 0 aliphatic heterocycles. The van der Waals surface area contributed by atoms with Crippen LogP contribution in [0.5, 0.6) is 0 Å². The van der Waals surface area contributed by atoms with E-state index >= 15 is 0 Å². The molecular formula is C12H10FNO2. The van der Waals surface area contributed by atoms with Gasteiger partial charge in [-0.1, -0.05) is 6.07 Å². The minimum Gasteiger partial charge on any atom is -0.481 e. The molecule has 0 fully saturated rings. The average molecular weight is 219 g/mol. The van der Waals surface area contributed by atoms with Gasteiger partial charge < -0.3 is 5.11 Å². The molecule has 1 heterocycles. The Morgan fingerprint density at radius 3 is 2.88 bits per heavy atom. The van der Waals surface area contributed by atoms with Gasteiger partial charge in [0, 0.05) is 24.2 Å². The second kappa shape index (κ2) is 4.26. The molecule has 3 nitrogen and oxygen atoms in total. The Morgan fingerprint density at radius 1 is 1.31 bits per heavy atom. The predicted molar refractivity (Wildman–Crippen MR) is 57.7 cm³/mol. The van der Waals surface area contributed by atoms with Crippen molar-refractivity contribution in [2.24, 2.45) is 0 Å². The van der Waals surface area contributed by atoms with Crippen LogP contribution in [0.3, 0.4) is 0 Å². The second-order valence-electron chi connectivity index (χ2n) is 3.52. The molecule has 0 atom stereocenters. The third kappa shape index (κ3) is 2.00. The minimum absolute atomic E-state index is 0.0447. The van der Waals surface area contributed by atoms with Crippen LogP contribution in [-0.2, 0) is 11.2 Å². The zero-order valence-electron chi connectivity index (χ0n) is 8.48. The highest BCUT2D eigenvalue weighted by molar-refractivity contribution is 5.85. The standard InChI is InChI=1S/C12H10FNO2/c13-11-3-1-8(2-4-12(15)16)9-5-6-14-7-10(9)11/h1,3,5-7H,2,4H2,(H,15,16). The number of carbonyl (C=O) groups is 1. The number of fused-ring (bicyclic) bond motifs is 1. The number of nitrogens with zero attached hydrogens (tertiary/aromatic N) is 1. The van der Waals surface area contributed by atoms with Crippen molar-refractivity contribution in [3.8, 4) is 0 Å². The van der Waals surface area contributed by atoms with Gasteiger partial charge >= 0.3 is 5.97 Å². The Kier molecular flexibility index (Phi) is 2.81. The number of aliphatic carboxylic acids is 1. The van der Waals surface area contributed by atoms with E-state index in [0.717, 1.165) is 10.9 Å². The topological polar surface area (TPSA) is 50.2 Å². The molecule has 1 aromatic carbocycles. The summed E-state index contributed by atoms with van der Waals surface area (Å²) in [4.78, 5) is 14.3. The van der Waals surface area contributed by atoms with E-state index in [9.17, 15) is 9.18 Å². The van der Waals surface area contributed by atoms with Crippen LogP contribution in [0.1, 0.15) is 12.0 Å². The summed E-state index contributed by atoms with van der Waals surface area (Å²) >= 11 is 0. The molecule has 2 rings (SSSR count). The number of carboxylic acids is 1. The van der Waals surface area contributed by atoms with Crippen molar-refractivity contribution in [2.45, 2.75) is 12.8 Å². The molecule has 1 N–H and O–H groups in total. The Bertz CT molecular complexity index is 540. The number of aromatic nitrogens is 1. The predicted octanol–water partition coefficient (Wildman–Crippen LogP) is 2.39. The lowest BCUT2D eigenvalue weighted by atomic mass is 10.0. The maximum Gasteiger partial charge on any atom is 0.303 e. The first-order valence-electron chi connectivity index (χ1n) is 4.91. The lowest BCUT2D eigenvalue weighted by molar-refractivity contribution is -0.136. The van der Waals surface area contributed by atoms with Crippen LogP contribution in [0.4, 0.5) is 4.39 Å². The lowest BCUT2D eigenvalue weighted by Gasteiger charge is -2.05. The van der Waals surface area contributed by atoms with Crippen molar-refractivity contribution >= 4 is 16.7 Å². The fourth-order valence-electron chi connectivity index (χ4n) is 1.68. The summed E-state index contributed by atoms with van der Waals surface area (Å²) in [5.41, 5.74) is 0.834. The quantitative estimate of drug-likeness (QED) is 0.862. The van der Waals surface area contributed by atoms with Crippen molar-refractivity contribution in [3.05, 3.63) is 42.0 Å². The van der Waals surface area contributed by atoms with Gasteiger partial charge in [-0.3, -0.25) is 9.78 Å². The average Bonchev–Trinajstić information content (AvgIpc) is 2.28. The van der Waals surface area contributed by atoms with Crippen LogP contribution in [0.2, 0.25) is 0 Å². The Morgan fingerprint density at radius 2 is 2.12 bits per heavy atom. The van der Waals surface area contributed by atoms with Crippen molar-refractivity contribution < 1.29 is 14.3 Å². The first kappa shape index (κ1) is 10.5. The van der Waals surface area contributed by atoms with Gasteiger partial charge in [-0.05, 0) is 29.5 Å². The molecule has 0 amide bonds. The van der Waals surface area contributed by atoms with Gasteiger partial charge in [0.1, 0.15) is 5.82 Å². The van der Waals surface area contributed by atoms with Crippen LogP contribution in [0.25, 0.3) is 10.8 Å². The van der Waals surface area contributed by atoms with E-state index in [0.29, 0.717) is 11.8 Å². The molecule has 1 aromatic heterocycles. The molecule has 0 aliphatic rings. The summed E-state index contributed by atoms with van der Waals surface area (Å²) in [6.45, 7) is 0. The normalized spacial score (nSPS) is 10.6. The zero-order chi connectivity index (χ0) is 11.5. The molecular weight excluding hydrogens is 209 g/mol. The Labute approximate surface area is 91.5 Å². The van der Waals surface area contributed by atoms with Crippen LogP contribution >= 0.6 is 0 Å². The van der Waals surface area contributed by atoms with Crippen molar-refractivity contribution in [1.82, 2.24) is 4.98 Å². The highest BCUT2D eigenvalue weighted by Gasteiger charge is 2.07. The molecule has 0 unspecified atom stereocenters. The van der Waals surface area contributed by atoms with Gasteiger partial charge in [0.25, 0.3) is 0 Å². The van der Waals surface area contributed by atoms with Gasteiger partial charge in [0.15, 0.2) is 0 Å². The summed E-state index contributed by atoms with van der Waals surface area (Å²) in [5.74, 6) is -1.19. The van der Waals surface area contributed by atoms with E-state index in [4.69, 9.17) is 5.11 Å². The monoisotopic (exact) mass is 219 g/mol. The third-order valence-electron chi connectivity index (χ3n) is 2.46. The minimum atomic E-state index is -0.855. The van der Waals surface area contributed by atoms with E-state index in [2.05, 4.69) is 4.98 Å². The molecule has 2 aromatic rings. The highest BCUT2D eigenvalue weighted by atomic mass is 19.1. The molecule has 0 spiro atoms. The lowest BCUT2D eigenvalue weighted by Crippen LogP contribution is -1.98. The van der Waals surface area contributed by atoms with Crippen molar-refractivity contribution in [1.29, 1.82) is 0 Å². The first-order chi connectivity index (χ1) is 7.68. The molecule has 0 aliphatic carbocycles. The van der Waals surface area contributed by atoms with E-state index in [1.165, 1.54) is 12.3 Å². The van der Waals surface area contributed by atoms with Crippen LogP contribution in [0.15, 0.2) is 30.6 Å². The molecule has 0 saturated carbocycles. The summed E-state index contributed by atoms with van der Waals surface area (Å²) in [6.07, 6.45) is 3.47. The molecule has 0 saturated heterocycles. The number of aryl methyl sites for hydroxylation is 1. The van der Waals surface area contributed by atoms with E-state index in [-0.39, 0.29) is 12.2 Å². The Balaban J connectivity index is 2.46. The molecule has 82 valence electrons. The van der Waals surface area contributed by atoms with E-state index in [1.807, 2.05) is 0 Å². The number of halogens is 1. The first-order valence-corrected chi connectivity index (χ1v) is 4.91. The molecule has 4 heteroatoms. The number of pyridine rings is 1. The van der Waals surface area contributed by atoms with Crippen molar-refractivity contribution in [2.75, 3.05) is 0 Å². The molecule has 0 bridgehead atoms. The van der Waals surface area contributed by atoms with E-state index < -0.39 is 5.97 Å². The Hall–Kier alpha value is -1.97. The maximum absolute atomic E-state index is 13.4. The summed E-state index contributed by atoms with van der Waals surface area (Å²) in [6, 6.07) is 4.68. The van der Waals surface area contributed by atoms with Gasteiger partial charge in [-0.2, -0.15) is 0 Å². The third-order valence-corrected chi connectivity index (χ3v) is 2.46. The number of rotatable bonds is 3. The van der Waals surface area contributed by atoms with Gasteiger partial charge in [-0.15, -0.1) is 0 Å². The number of hydrogen-bond donors (Lipinski definition) is 1. The zero-order valence-corrected chi connectivity index (χ0v) is 8.48. The van der Waals surface area contributed by atoms with Gasteiger partial charge in [0.05, 0.1) is 0 Å². The number of benzene rings is 1. The largest absolute Gasteiger partial charge is 0.481 e. The fraction of sp³-hybridized carbons (Fsp3) is 0.167. The summed E-state index contributed by atoms with van der Waals surface area (Å²) in [5, 5.41) is 9.78. The highest BCUT2D eigenvalue weighted by Crippen LogP contribution is 2.21. The van der Waals surface area contributed by atoms with Crippen LogP contribution < -0.4 is 0 Å². The summed E-state index contributed by atoms with van der Waals surface area (Å²) in [7, 11) is 0. The SMILES string of the molecule is O=C(O)CCc1ccc(F)c2cnccc12. The smallest absolute Gasteiger partial charge is 0.303 e. The van der Waals surface area contributed by atoms with Crippen LogP contribution in [0, 0.1) is 5.82 Å². The maximum atomic E-state index is 13.4. The van der Waals surface area contributed by atoms with Gasteiger partial charge in [-0.25, -0.2) is 4.39 Å².